The van der Waals surface area contributed by atoms with E-state index in [1.807, 2.05) is 24.3 Å². The second-order valence-corrected chi connectivity index (χ2v) is 12.6. The zero-order chi connectivity index (χ0) is 17.5. The normalized spacial score (nSPS) is 15.2. The maximum atomic E-state index is 6.55. The predicted molar refractivity (Wildman–Crippen MR) is 102 cm³/mol. The number of hydrogen-bond donors (Lipinski definition) is 0. The van der Waals surface area contributed by atoms with Crippen LogP contribution in [0.15, 0.2) is 43.0 Å². The first-order valence-corrected chi connectivity index (χ1v) is 11.5. The molecule has 1 aromatic carbocycles. The van der Waals surface area contributed by atoms with Crippen LogP contribution in [0.3, 0.4) is 0 Å². The van der Waals surface area contributed by atoms with E-state index in [0.717, 1.165) is 12.8 Å². The topological polar surface area (TPSA) is 18.5 Å². The first-order chi connectivity index (χ1) is 10.7. The summed E-state index contributed by atoms with van der Waals surface area (Å²) in [5.74, 6) is 0. The Morgan fingerprint density at radius 3 is 2.30 bits per heavy atom. The van der Waals surface area contributed by atoms with E-state index in [-0.39, 0.29) is 17.2 Å². The zero-order valence-corrected chi connectivity index (χ0v) is 16.8. The first-order valence-electron chi connectivity index (χ1n) is 8.60. The van der Waals surface area contributed by atoms with E-state index in [2.05, 4.69) is 59.5 Å². The minimum atomic E-state index is -1.76. The third-order valence-corrected chi connectivity index (χ3v) is 9.20. The van der Waals surface area contributed by atoms with E-state index in [1.165, 1.54) is 5.56 Å². The molecule has 0 radical (unpaired) electrons. The minimum absolute atomic E-state index is 0.171. The number of ether oxygens (including phenoxy) is 1. The Hall–Kier alpha value is -0.903. The molecule has 0 heterocycles. The molecule has 0 aliphatic heterocycles. The Morgan fingerprint density at radius 1 is 1.17 bits per heavy atom. The Balaban J connectivity index is 2.56. The fourth-order valence-corrected chi connectivity index (χ4v) is 3.60. The summed E-state index contributed by atoms with van der Waals surface area (Å²) in [6.07, 6.45) is 4.11. The largest absolute Gasteiger partial charge is 0.414 e. The van der Waals surface area contributed by atoms with Gasteiger partial charge in [0.1, 0.15) is 0 Å². The molecule has 0 aliphatic rings. The van der Waals surface area contributed by atoms with Crippen molar-refractivity contribution in [1.29, 1.82) is 0 Å². The van der Waals surface area contributed by atoms with Crippen LogP contribution in [0.25, 0.3) is 0 Å². The first kappa shape index (κ1) is 20.1. The van der Waals surface area contributed by atoms with Crippen molar-refractivity contribution in [3.8, 4) is 0 Å². The molecule has 23 heavy (non-hydrogen) atoms. The van der Waals surface area contributed by atoms with Gasteiger partial charge in [0.2, 0.25) is 0 Å². The Bertz CT molecular complexity index is 462. The maximum Gasteiger partial charge on any atom is 0.192 e. The predicted octanol–water partition coefficient (Wildman–Crippen LogP) is 5.95. The molecule has 0 saturated carbocycles. The summed E-state index contributed by atoms with van der Waals surface area (Å²) in [7, 11) is -1.76. The van der Waals surface area contributed by atoms with Crippen LogP contribution >= 0.6 is 0 Å². The highest BCUT2D eigenvalue weighted by Gasteiger charge is 2.39. The molecule has 3 heteroatoms. The van der Waals surface area contributed by atoms with Gasteiger partial charge in [-0.2, -0.15) is 0 Å². The van der Waals surface area contributed by atoms with E-state index in [1.54, 1.807) is 0 Å². The van der Waals surface area contributed by atoms with Crippen molar-refractivity contribution in [3.63, 3.8) is 0 Å². The third-order valence-electron chi connectivity index (χ3n) is 4.67. The molecule has 2 atom stereocenters. The molecular formula is C20H34O2Si. The molecule has 130 valence electrons. The third kappa shape index (κ3) is 7.02. The summed E-state index contributed by atoms with van der Waals surface area (Å²) in [5.41, 5.74) is 1.21. The van der Waals surface area contributed by atoms with Crippen molar-refractivity contribution in [2.24, 2.45) is 0 Å². The van der Waals surface area contributed by atoms with Crippen molar-refractivity contribution in [2.45, 2.75) is 77.5 Å². The van der Waals surface area contributed by atoms with Gasteiger partial charge < -0.3 is 9.16 Å². The van der Waals surface area contributed by atoms with Gasteiger partial charge in [-0.3, -0.25) is 0 Å². The van der Waals surface area contributed by atoms with E-state index in [4.69, 9.17) is 9.16 Å². The van der Waals surface area contributed by atoms with E-state index in [0.29, 0.717) is 6.61 Å². The second-order valence-electron chi connectivity index (χ2n) is 7.87. The van der Waals surface area contributed by atoms with Crippen LogP contribution in [0.4, 0.5) is 0 Å². The van der Waals surface area contributed by atoms with Crippen LogP contribution in [0, 0.1) is 0 Å². The highest BCUT2D eigenvalue weighted by molar-refractivity contribution is 6.74. The molecule has 1 rings (SSSR count). The molecule has 0 bridgehead atoms. The highest BCUT2D eigenvalue weighted by atomic mass is 28.4. The van der Waals surface area contributed by atoms with Gasteiger partial charge in [-0.15, -0.1) is 6.58 Å². The van der Waals surface area contributed by atoms with Crippen molar-refractivity contribution < 1.29 is 9.16 Å². The molecule has 0 aliphatic carbocycles. The lowest BCUT2D eigenvalue weighted by Gasteiger charge is -2.39. The summed E-state index contributed by atoms with van der Waals surface area (Å²) >= 11 is 0. The molecule has 0 aromatic heterocycles. The van der Waals surface area contributed by atoms with Gasteiger partial charge in [0.25, 0.3) is 0 Å². The second kappa shape index (κ2) is 8.81. The molecule has 1 aromatic rings. The quantitative estimate of drug-likeness (QED) is 0.410. The van der Waals surface area contributed by atoms with Gasteiger partial charge in [-0.1, -0.05) is 57.2 Å². The molecule has 0 saturated heterocycles. The van der Waals surface area contributed by atoms with Gasteiger partial charge in [0.05, 0.1) is 18.8 Å². The molecular weight excluding hydrogens is 300 g/mol. The standard InChI is InChI=1S/C20H34O2Si/c1-8-12-19(22-23(6,7)20(3,4)5)15-17(2)21-16-18-13-10-9-11-14-18/h8-11,13-14,17,19H,1,12,15-16H2,2-7H3/t17-,19-/m0/s1. The summed E-state index contributed by atoms with van der Waals surface area (Å²) in [5, 5.41) is 0.223. The van der Waals surface area contributed by atoms with Gasteiger partial charge >= 0.3 is 0 Å². The van der Waals surface area contributed by atoms with Crippen LogP contribution in [0.2, 0.25) is 18.1 Å². The molecule has 0 unspecified atom stereocenters. The monoisotopic (exact) mass is 334 g/mol. The van der Waals surface area contributed by atoms with Crippen molar-refractivity contribution >= 4 is 8.32 Å². The average molecular weight is 335 g/mol. The fourth-order valence-electron chi connectivity index (χ4n) is 2.22. The smallest absolute Gasteiger partial charge is 0.192 e. The van der Waals surface area contributed by atoms with Crippen molar-refractivity contribution in [3.05, 3.63) is 48.6 Å². The van der Waals surface area contributed by atoms with Crippen LogP contribution in [0.1, 0.15) is 46.1 Å². The summed E-state index contributed by atoms with van der Waals surface area (Å²) < 4.78 is 12.6. The van der Waals surface area contributed by atoms with Crippen LogP contribution in [-0.2, 0) is 15.8 Å². The number of benzene rings is 1. The highest BCUT2D eigenvalue weighted by Crippen LogP contribution is 2.38. The van der Waals surface area contributed by atoms with Crippen LogP contribution < -0.4 is 0 Å². The molecule has 0 fully saturated rings. The maximum absolute atomic E-state index is 6.55. The summed E-state index contributed by atoms with van der Waals surface area (Å²) in [6.45, 7) is 18.1. The SMILES string of the molecule is C=CC[C@@H](C[C@H](C)OCc1ccccc1)O[Si](C)(C)C(C)(C)C. The van der Waals surface area contributed by atoms with Gasteiger partial charge in [-0.05, 0) is 43.5 Å². The number of hydrogen-bond acceptors (Lipinski definition) is 2. The number of rotatable bonds is 9. The van der Waals surface area contributed by atoms with Crippen LogP contribution in [-0.4, -0.2) is 20.5 Å². The fraction of sp³-hybridized carbons (Fsp3) is 0.600. The van der Waals surface area contributed by atoms with Crippen LogP contribution in [0.5, 0.6) is 0 Å². The van der Waals surface area contributed by atoms with Gasteiger partial charge in [0.15, 0.2) is 8.32 Å². The van der Waals surface area contributed by atoms with Crippen molar-refractivity contribution in [2.75, 3.05) is 0 Å². The average Bonchev–Trinajstić information content (AvgIpc) is 2.45. The lowest BCUT2D eigenvalue weighted by Crippen LogP contribution is -2.44. The van der Waals surface area contributed by atoms with Crippen molar-refractivity contribution in [1.82, 2.24) is 0 Å². The van der Waals surface area contributed by atoms with E-state index < -0.39 is 8.32 Å². The van der Waals surface area contributed by atoms with E-state index >= 15 is 0 Å². The molecule has 2 nitrogen and oxygen atoms in total. The summed E-state index contributed by atoms with van der Waals surface area (Å²) in [4.78, 5) is 0. The Kier molecular flexibility index (Phi) is 7.72. The summed E-state index contributed by atoms with van der Waals surface area (Å²) in [6, 6.07) is 10.3. The Labute approximate surface area is 144 Å². The lowest BCUT2D eigenvalue weighted by atomic mass is 10.1. The lowest BCUT2D eigenvalue weighted by molar-refractivity contribution is 0.0184. The minimum Gasteiger partial charge on any atom is -0.414 e. The van der Waals surface area contributed by atoms with E-state index in [9.17, 15) is 0 Å². The molecule has 0 amide bonds. The molecule has 0 N–H and O–H groups in total. The molecule has 0 spiro atoms. The Morgan fingerprint density at radius 2 is 1.78 bits per heavy atom. The zero-order valence-electron chi connectivity index (χ0n) is 15.8. The van der Waals surface area contributed by atoms with Gasteiger partial charge in [-0.25, -0.2) is 0 Å². The van der Waals surface area contributed by atoms with Gasteiger partial charge in [0, 0.05) is 0 Å².